The third-order valence-electron chi connectivity index (χ3n) is 4.88. The van der Waals surface area contributed by atoms with E-state index in [0.29, 0.717) is 22.1 Å². The number of carbonyl (C=O) groups excluding carboxylic acids is 3. The molecule has 36 heavy (non-hydrogen) atoms. The van der Waals surface area contributed by atoms with Gasteiger partial charge in [-0.2, -0.15) is 0 Å². The van der Waals surface area contributed by atoms with Crippen molar-refractivity contribution in [1.29, 1.82) is 0 Å². The van der Waals surface area contributed by atoms with Gasteiger partial charge in [-0.3, -0.25) is 9.59 Å². The normalized spacial score (nSPS) is 11.1. The quantitative estimate of drug-likeness (QED) is 0.383. The Labute approximate surface area is 213 Å². The molecule has 3 rings (SSSR count). The van der Waals surface area contributed by atoms with Crippen molar-refractivity contribution in [3.63, 3.8) is 0 Å². The Bertz CT molecular complexity index is 1230. The topological polar surface area (TPSA) is 112 Å². The monoisotopic (exact) mass is 512 g/mol. The molecule has 0 aromatic heterocycles. The molecule has 10 heteroatoms. The molecule has 0 saturated carbocycles. The van der Waals surface area contributed by atoms with E-state index < -0.39 is 18.0 Å². The Morgan fingerprint density at radius 2 is 1.61 bits per heavy atom. The van der Waals surface area contributed by atoms with E-state index in [9.17, 15) is 14.4 Å². The van der Waals surface area contributed by atoms with E-state index in [0.717, 1.165) is 0 Å². The molecule has 0 radical (unpaired) electrons. The van der Waals surface area contributed by atoms with E-state index in [1.165, 1.54) is 32.2 Å². The summed E-state index contributed by atoms with van der Waals surface area (Å²) in [5.41, 5.74) is 1.21. The van der Waals surface area contributed by atoms with E-state index in [1.807, 2.05) is 0 Å². The van der Waals surface area contributed by atoms with Crippen LogP contribution in [0.5, 0.6) is 17.2 Å². The van der Waals surface area contributed by atoms with Crippen molar-refractivity contribution < 1.29 is 33.3 Å². The molecule has 3 aromatic rings. The van der Waals surface area contributed by atoms with Gasteiger partial charge >= 0.3 is 5.97 Å². The van der Waals surface area contributed by atoms with Crippen molar-refractivity contribution in [2.45, 2.75) is 13.0 Å². The van der Waals surface area contributed by atoms with Gasteiger partial charge in [-0.05, 0) is 67.6 Å². The average molecular weight is 513 g/mol. The maximum Gasteiger partial charge on any atom is 0.339 e. The van der Waals surface area contributed by atoms with Crippen LogP contribution in [-0.2, 0) is 14.3 Å². The van der Waals surface area contributed by atoms with Gasteiger partial charge in [-0.25, -0.2) is 4.79 Å². The Morgan fingerprint density at radius 3 is 2.28 bits per heavy atom. The van der Waals surface area contributed by atoms with Gasteiger partial charge in [0.1, 0.15) is 5.75 Å². The molecule has 2 amide bonds. The summed E-state index contributed by atoms with van der Waals surface area (Å²) in [5, 5.41) is 5.80. The minimum atomic E-state index is -1.07. The molecule has 0 aliphatic heterocycles. The van der Waals surface area contributed by atoms with Gasteiger partial charge in [0, 0.05) is 16.4 Å². The van der Waals surface area contributed by atoms with Crippen molar-refractivity contribution in [3.8, 4) is 17.2 Å². The highest BCUT2D eigenvalue weighted by molar-refractivity contribution is 6.30. The van der Waals surface area contributed by atoms with Crippen molar-refractivity contribution in [1.82, 2.24) is 0 Å². The molecule has 0 saturated heterocycles. The molecular formula is C26H25ClN2O7. The first-order chi connectivity index (χ1) is 17.3. The summed E-state index contributed by atoms with van der Waals surface area (Å²) in [4.78, 5) is 37.1. The first kappa shape index (κ1) is 26.4. The summed E-state index contributed by atoms with van der Waals surface area (Å²) in [5.74, 6) is -0.483. The minimum absolute atomic E-state index is 0.143. The maximum absolute atomic E-state index is 12.6. The van der Waals surface area contributed by atoms with Gasteiger partial charge in [0.2, 0.25) is 0 Å². The largest absolute Gasteiger partial charge is 0.497 e. The lowest BCUT2D eigenvalue weighted by Crippen LogP contribution is -2.30. The van der Waals surface area contributed by atoms with Crippen molar-refractivity contribution in [3.05, 3.63) is 77.3 Å². The fourth-order valence-electron chi connectivity index (χ4n) is 3.02. The van der Waals surface area contributed by atoms with Crippen molar-refractivity contribution in [2.24, 2.45) is 0 Å². The summed E-state index contributed by atoms with van der Waals surface area (Å²) in [6, 6.07) is 17.8. The number of ether oxygens (including phenoxy) is 4. The van der Waals surface area contributed by atoms with Crippen LogP contribution in [0.25, 0.3) is 0 Å². The summed E-state index contributed by atoms with van der Waals surface area (Å²) >= 11 is 5.91. The SMILES string of the molecule is COc1ccc(NC(=O)COc2ccc(C(=O)O[C@@H](C)C(=O)Nc3cccc(Cl)c3)cc2OC)cc1. The fraction of sp³-hybridized carbons (Fsp3) is 0.192. The third kappa shape index (κ3) is 7.38. The molecule has 0 aliphatic carbocycles. The predicted octanol–water partition coefficient (Wildman–Crippen LogP) is 4.56. The summed E-state index contributed by atoms with van der Waals surface area (Å²) in [6.07, 6.45) is -1.07. The van der Waals surface area contributed by atoms with Gasteiger partial charge < -0.3 is 29.6 Å². The number of nitrogens with one attached hydrogen (secondary N) is 2. The zero-order valence-electron chi connectivity index (χ0n) is 19.9. The second kappa shape index (κ2) is 12.5. The van der Waals surface area contributed by atoms with Crippen LogP contribution in [0.4, 0.5) is 11.4 Å². The molecule has 0 bridgehead atoms. The molecule has 0 unspecified atom stereocenters. The highest BCUT2D eigenvalue weighted by atomic mass is 35.5. The van der Waals surface area contributed by atoms with Gasteiger partial charge in [0.15, 0.2) is 24.2 Å². The van der Waals surface area contributed by atoms with Crippen molar-refractivity contribution >= 4 is 40.8 Å². The number of rotatable bonds is 10. The number of hydrogen-bond acceptors (Lipinski definition) is 7. The van der Waals surface area contributed by atoms with E-state index in [4.69, 9.17) is 30.5 Å². The van der Waals surface area contributed by atoms with Crippen LogP contribution in [0, 0.1) is 0 Å². The number of carbonyl (C=O) groups is 3. The molecule has 0 fully saturated rings. The molecule has 0 heterocycles. The van der Waals surface area contributed by atoms with Crippen LogP contribution in [0.15, 0.2) is 66.7 Å². The van der Waals surface area contributed by atoms with Crippen LogP contribution >= 0.6 is 11.6 Å². The van der Waals surface area contributed by atoms with Gasteiger partial charge in [0.25, 0.3) is 11.8 Å². The standard InChI is InChI=1S/C26H25ClN2O7/c1-16(25(31)29-20-6-4-5-18(27)14-20)36-26(32)17-7-12-22(23(13-17)34-3)35-15-24(30)28-19-8-10-21(33-2)11-9-19/h4-14,16H,15H2,1-3H3,(H,28,30)(H,29,31)/t16-/m0/s1. The fourth-order valence-corrected chi connectivity index (χ4v) is 3.21. The number of hydrogen-bond donors (Lipinski definition) is 2. The minimum Gasteiger partial charge on any atom is -0.497 e. The Hall–Kier alpha value is -4.24. The van der Waals surface area contributed by atoms with E-state index >= 15 is 0 Å². The zero-order chi connectivity index (χ0) is 26.1. The number of anilines is 2. The summed E-state index contributed by atoms with van der Waals surface area (Å²) < 4.78 is 21.2. The number of methoxy groups -OCH3 is 2. The highest BCUT2D eigenvalue weighted by Gasteiger charge is 2.20. The maximum atomic E-state index is 12.6. The van der Waals surface area contributed by atoms with Crippen LogP contribution in [-0.4, -0.2) is 44.7 Å². The number of halogens is 1. The van der Waals surface area contributed by atoms with E-state index in [2.05, 4.69) is 10.6 Å². The Morgan fingerprint density at radius 1 is 0.861 bits per heavy atom. The second-order valence-electron chi connectivity index (χ2n) is 7.48. The number of benzene rings is 3. The van der Waals surface area contributed by atoms with Crippen LogP contribution in [0.3, 0.4) is 0 Å². The molecule has 9 nitrogen and oxygen atoms in total. The third-order valence-corrected chi connectivity index (χ3v) is 5.11. The predicted molar refractivity (Wildman–Crippen MR) is 135 cm³/mol. The van der Waals surface area contributed by atoms with E-state index in [-0.39, 0.29) is 29.6 Å². The lowest BCUT2D eigenvalue weighted by Gasteiger charge is -2.15. The first-order valence-electron chi connectivity index (χ1n) is 10.8. The average Bonchev–Trinajstić information content (AvgIpc) is 2.87. The van der Waals surface area contributed by atoms with E-state index in [1.54, 1.807) is 55.6 Å². The zero-order valence-corrected chi connectivity index (χ0v) is 20.6. The molecule has 3 aromatic carbocycles. The Balaban J connectivity index is 1.56. The van der Waals surface area contributed by atoms with Gasteiger partial charge in [0.05, 0.1) is 19.8 Å². The smallest absolute Gasteiger partial charge is 0.339 e. The molecule has 2 N–H and O–H groups in total. The number of amides is 2. The molecule has 1 atom stereocenters. The van der Waals surface area contributed by atoms with Crippen LogP contribution < -0.4 is 24.8 Å². The second-order valence-corrected chi connectivity index (χ2v) is 7.91. The molecule has 0 spiro atoms. The lowest BCUT2D eigenvalue weighted by atomic mass is 10.2. The summed E-state index contributed by atoms with van der Waals surface area (Å²) in [7, 11) is 2.95. The molecular weight excluding hydrogens is 488 g/mol. The van der Waals surface area contributed by atoms with Gasteiger partial charge in [-0.15, -0.1) is 0 Å². The first-order valence-corrected chi connectivity index (χ1v) is 11.2. The summed E-state index contributed by atoms with van der Waals surface area (Å²) in [6.45, 7) is 1.17. The highest BCUT2D eigenvalue weighted by Crippen LogP contribution is 2.28. The van der Waals surface area contributed by atoms with Crippen LogP contribution in [0.2, 0.25) is 5.02 Å². The molecule has 0 aliphatic rings. The number of esters is 1. The lowest BCUT2D eigenvalue weighted by molar-refractivity contribution is -0.123. The van der Waals surface area contributed by atoms with Crippen molar-refractivity contribution in [2.75, 3.05) is 31.5 Å². The van der Waals surface area contributed by atoms with Gasteiger partial charge in [-0.1, -0.05) is 17.7 Å². The molecule has 188 valence electrons. The van der Waals surface area contributed by atoms with Crippen LogP contribution in [0.1, 0.15) is 17.3 Å². The Kier molecular flexibility index (Phi) is 9.13.